The molecule has 1 atom stereocenters. The summed E-state index contributed by atoms with van der Waals surface area (Å²) in [5.41, 5.74) is -4.48. The van der Waals surface area contributed by atoms with Crippen LogP contribution in [0.3, 0.4) is 0 Å². The van der Waals surface area contributed by atoms with Gasteiger partial charge in [-0.15, -0.1) is 0 Å². The monoisotopic (exact) mass is 476 g/mol. The Morgan fingerprint density at radius 3 is 2.44 bits per heavy atom. The summed E-state index contributed by atoms with van der Waals surface area (Å²) in [7, 11) is 0. The molecule has 0 radical (unpaired) electrons. The SMILES string of the molecule is C[C@H](Nc1nc2cc(C(F)(F)F)cc(C(F)(F)F)c2o1)c1ncnn1-c1ccc(Cl)cn1. The predicted octanol–water partition coefficient (Wildman–Crippen LogP) is 5.67. The molecule has 0 bridgehead atoms. The van der Waals surface area contributed by atoms with Crippen LogP contribution in [-0.2, 0) is 12.4 Å². The van der Waals surface area contributed by atoms with E-state index in [-0.39, 0.29) is 11.9 Å². The fourth-order valence-corrected chi connectivity index (χ4v) is 3.05. The number of halogens is 7. The minimum atomic E-state index is -5.08. The first-order valence-electron chi connectivity index (χ1n) is 8.81. The fraction of sp³-hybridized carbons (Fsp3) is 0.222. The van der Waals surface area contributed by atoms with Crippen LogP contribution in [0.4, 0.5) is 32.4 Å². The van der Waals surface area contributed by atoms with Gasteiger partial charge in [0.25, 0.3) is 6.01 Å². The first kappa shape index (κ1) is 21.9. The number of oxazole rings is 1. The maximum atomic E-state index is 13.3. The Kier molecular flexibility index (Phi) is 5.23. The highest BCUT2D eigenvalue weighted by Gasteiger charge is 2.40. The van der Waals surface area contributed by atoms with Gasteiger partial charge >= 0.3 is 12.4 Å². The Morgan fingerprint density at radius 2 is 1.81 bits per heavy atom. The zero-order valence-electron chi connectivity index (χ0n) is 15.8. The van der Waals surface area contributed by atoms with Gasteiger partial charge in [-0.3, -0.25) is 0 Å². The number of hydrogen-bond acceptors (Lipinski definition) is 6. The van der Waals surface area contributed by atoms with Gasteiger partial charge in [0.2, 0.25) is 0 Å². The summed E-state index contributed by atoms with van der Waals surface area (Å²) < 4.78 is 85.6. The van der Waals surface area contributed by atoms with Gasteiger partial charge in [0.1, 0.15) is 17.4 Å². The van der Waals surface area contributed by atoms with Gasteiger partial charge in [-0.2, -0.15) is 41.1 Å². The number of alkyl halides is 6. The minimum Gasteiger partial charge on any atom is -0.423 e. The van der Waals surface area contributed by atoms with E-state index >= 15 is 0 Å². The molecule has 3 heterocycles. The highest BCUT2D eigenvalue weighted by atomic mass is 35.5. The number of nitrogens with one attached hydrogen (secondary N) is 1. The summed E-state index contributed by atoms with van der Waals surface area (Å²) in [6, 6.07) is 2.48. The molecule has 0 amide bonds. The van der Waals surface area contributed by atoms with Crippen LogP contribution < -0.4 is 5.32 Å². The van der Waals surface area contributed by atoms with Gasteiger partial charge in [0.15, 0.2) is 17.2 Å². The van der Waals surface area contributed by atoms with E-state index in [0.717, 1.165) is 0 Å². The standard InChI is InChI=1S/C18H11ClF6N6O/c1-8(15-27-7-28-31(15)13-3-2-10(19)6-26-13)29-16-30-12-5-9(17(20,21)22)4-11(14(12)32-16)18(23,24)25/h2-8H,1H3,(H,29,30)/t8-/m0/s1. The maximum absolute atomic E-state index is 13.3. The number of fused-ring (bicyclic) bond motifs is 1. The van der Waals surface area contributed by atoms with E-state index < -0.39 is 46.6 Å². The van der Waals surface area contributed by atoms with Crippen molar-refractivity contribution in [3.63, 3.8) is 0 Å². The third-order valence-electron chi connectivity index (χ3n) is 4.35. The van der Waals surface area contributed by atoms with Crippen molar-refractivity contribution in [2.45, 2.75) is 25.3 Å². The van der Waals surface area contributed by atoms with Crippen LogP contribution in [-0.4, -0.2) is 24.7 Å². The van der Waals surface area contributed by atoms with E-state index in [1.807, 2.05) is 0 Å². The molecule has 1 aromatic carbocycles. The number of pyridine rings is 1. The molecule has 0 aliphatic heterocycles. The second-order valence-corrected chi connectivity index (χ2v) is 7.05. The van der Waals surface area contributed by atoms with E-state index in [2.05, 4.69) is 25.4 Å². The number of benzene rings is 1. The molecule has 4 rings (SSSR count). The van der Waals surface area contributed by atoms with E-state index in [4.69, 9.17) is 16.0 Å². The Balaban J connectivity index is 1.70. The Labute approximate surface area is 180 Å². The van der Waals surface area contributed by atoms with E-state index in [0.29, 0.717) is 16.9 Å². The van der Waals surface area contributed by atoms with Crippen molar-refractivity contribution < 1.29 is 30.8 Å². The van der Waals surface area contributed by atoms with Crippen molar-refractivity contribution >= 4 is 28.7 Å². The Morgan fingerprint density at radius 1 is 1.06 bits per heavy atom. The molecular weight excluding hydrogens is 466 g/mol. The van der Waals surface area contributed by atoms with E-state index in [1.54, 1.807) is 19.1 Å². The lowest BCUT2D eigenvalue weighted by molar-refractivity contribution is -0.142. The van der Waals surface area contributed by atoms with Gasteiger partial charge in [-0.05, 0) is 31.2 Å². The molecule has 1 N–H and O–H groups in total. The molecule has 3 aromatic heterocycles. The fourth-order valence-electron chi connectivity index (χ4n) is 2.93. The molecule has 32 heavy (non-hydrogen) atoms. The summed E-state index contributed by atoms with van der Waals surface area (Å²) in [6.45, 7) is 1.58. The quantitative estimate of drug-likeness (QED) is 0.382. The largest absolute Gasteiger partial charge is 0.423 e. The second kappa shape index (κ2) is 7.65. The van der Waals surface area contributed by atoms with Crippen LogP contribution >= 0.6 is 11.6 Å². The molecule has 4 aromatic rings. The average Bonchev–Trinajstić information content (AvgIpc) is 3.32. The molecule has 0 saturated heterocycles. The predicted molar refractivity (Wildman–Crippen MR) is 100 cm³/mol. The molecule has 0 unspecified atom stereocenters. The lowest BCUT2D eigenvalue weighted by Gasteiger charge is -2.12. The second-order valence-electron chi connectivity index (χ2n) is 6.62. The van der Waals surface area contributed by atoms with Gasteiger partial charge in [0.05, 0.1) is 16.6 Å². The maximum Gasteiger partial charge on any atom is 0.420 e. The van der Waals surface area contributed by atoms with Crippen molar-refractivity contribution in [3.8, 4) is 5.82 Å². The topological polar surface area (TPSA) is 81.7 Å². The number of rotatable bonds is 4. The van der Waals surface area contributed by atoms with Crippen molar-refractivity contribution in [1.29, 1.82) is 0 Å². The lowest BCUT2D eigenvalue weighted by Crippen LogP contribution is -2.14. The molecule has 7 nitrogen and oxygen atoms in total. The molecule has 168 valence electrons. The highest BCUT2D eigenvalue weighted by molar-refractivity contribution is 6.30. The van der Waals surface area contributed by atoms with Crippen molar-refractivity contribution in [3.05, 3.63) is 58.8 Å². The number of aromatic nitrogens is 5. The van der Waals surface area contributed by atoms with Crippen LogP contribution in [0, 0.1) is 0 Å². The zero-order chi connectivity index (χ0) is 23.3. The molecule has 0 spiro atoms. The summed E-state index contributed by atoms with van der Waals surface area (Å²) in [5, 5.41) is 7.13. The van der Waals surface area contributed by atoms with Crippen LogP contribution in [0.25, 0.3) is 16.9 Å². The Bertz CT molecular complexity index is 1260. The lowest BCUT2D eigenvalue weighted by atomic mass is 10.1. The van der Waals surface area contributed by atoms with Crippen LogP contribution in [0.5, 0.6) is 0 Å². The first-order chi connectivity index (χ1) is 14.9. The molecule has 0 aliphatic carbocycles. The number of anilines is 1. The van der Waals surface area contributed by atoms with E-state index in [1.165, 1.54) is 17.2 Å². The van der Waals surface area contributed by atoms with Crippen molar-refractivity contribution in [2.24, 2.45) is 0 Å². The number of nitrogens with zero attached hydrogens (tertiary/aromatic N) is 5. The van der Waals surface area contributed by atoms with Crippen molar-refractivity contribution in [2.75, 3.05) is 5.32 Å². The molecule has 14 heteroatoms. The van der Waals surface area contributed by atoms with Gasteiger partial charge < -0.3 is 9.73 Å². The van der Waals surface area contributed by atoms with Crippen LogP contribution in [0.1, 0.15) is 29.9 Å². The smallest absolute Gasteiger partial charge is 0.420 e. The molecule has 0 saturated carbocycles. The van der Waals surface area contributed by atoms with Gasteiger partial charge in [-0.25, -0.2) is 9.97 Å². The normalized spacial score (nSPS) is 13.5. The molecule has 0 aliphatic rings. The highest BCUT2D eigenvalue weighted by Crippen LogP contribution is 2.41. The first-order valence-corrected chi connectivity index (χ1v) is 9.18. The summed E-state index contributed by atoms with van der Waals surface area (Å²) >= 11 is 5.81. The number of hydrogen-bond donors (Lipinski definition) is 1. The van der Waals surface area contributed by atoms with Crippen molar-refractivity contribution in [1.82, 2.24) is 24.7 Å². The van der Waals surface area contributed by atoms with Crippen LogP contribution in [0.2, 0.25) is 5.02 Å². The zero-order valence-corrected chi connectivity index (χ0v) is 16.6. The Hall–Kier alpha value is -3.35. The molecule has 0 fully saturated rings. The van der Waals surface area contributed by atoms with E-state index in [9.17, 15) is 26.3 Å². The van der Waals surface area contributed by atoms with Crippen LogP contribution in [0.15, 0.2) is 41.2 Å². The van der Waals surface area contributed by atoms with Gasteiger partial charge in [0, 0.05) is 6.20 Å². The molecular formula is C18H11ClF6N6O. The summed E-state index contributed by atoms with van der Waals surface area (Å²) in [5.74, 6) is 0.649. The summed E-state index contributed by atoms with van der Waals surface area (Å²) in [4.78, 5) is 12.0. The average molecular weight is 477 g/mol. The summed E-state index contributed by atoms with van der Waals surface area (Å²) in [6.07, 6.45) is -7.45. The third-order valence-corrected chi connectivity index (χ3v) is 4.58. The van der Waals surface area contributed by atoms with Gasteiger partial charge in [-0.1, -0.05) is 11.6 Å². The minimum absolute atomic E-state index is 0.0104. The third kappa shape index (κ3) is 4.20.